The normalized spacial score (nSPS) is 12.2. The van der Waals surface area contributed by atoms with E-state index in [1.165, 1.54) is 0 Å². The summed E-state index contributed by atoms with van der Waals surface area (Å²) in [6.45, 7) is 5.62. The molecule has 0 aliphatic heterocycles. The SMILES string of the molecule is CCCCNCC(C)OC(=O)c1ccccc1Cl. The minimum atomic E-state index is -0.370. The van der Waals surface area contributed by atoms with Crippen molar-refractivity contribution in [1.82, 2.24) is 5.32 Å². The highest BCUT2D eigenvalue weighted by atomic mass is 35.5. The topological polar surface area (TPSA) is 38.3 Å². The van der Waals surface area contributed by atoms with Crippen LogP contribution in [0.25, 0.3) is 0 Å². The van der Waals surface area contributed by atoms with E-state index < -0.39 is 0 Å². The maximum absolute atomic E-state index is 11.8. The molecule has 0 radical (unpaired) electrons. The molecule has 0 saturated carbocycles. The molecule has 0 saturated heterocycles. The molecule has 1 aromatic carbocycles. The van der Waals surface area contributed by atoms with Crippen molar-refractivity contribution in [2.24, 2.45) is 0 Å². The smallest absolute Gasteiger partial charge is 0.339 e. The number of benzene rings is 1. The Morgan fingerprint density at radius 3 is 2.83 bits per heavy atom. The molecule has 1 rings (SSSR count). The molecule has 1 unspecified atom stereocenters. The second kappa shape index (κ2) is 8.11. The molecule has 3 nitrogen and oxygen atoms in total. The quantitative estimate of drug-likeness (QED) is 0.610. The van der Waals surface area contributed by atoms with Crippen LogP contribution < -0.4 is 5.32 Å². The van der Waals surface area contributed by atoms with Crippen molar-refractivity contribution in [2.75, 3.05) is 13.1 Å². The fraction of sp³-hybridized carbons (Fsp3) is 0.500. The van der Waals surface area contributed by atoms with Gasteiger partial charge in [-0.2, -0.15) is 0 Å². The Labute approximate surface area is 113 Å². The van der Waals surface area contributed by atoms with E-state index in [-0.39, 0.29) is 12.1 Å². The van der Waals surface area contributed by atoms with Crippen LogP contribution >= 0.6 is 11.6 Å². The molecule has 0 amide bonds. The van der Waals surface area contributed by atoms with E-state index in [9.17, 15) is 4.79 Å². The number of carbonyl (C=O) groups is 1. The van der Waals surface area contributed by atoms with Gasteiger partial charge in [0.05, 0.1) is 10.6 Å². The predicted molar refractivity (Wildman–Crippen MR) is 74.1 cm³/mol. The van der Waals surface area contributed by atoms with Gasteiger partial charge in [-0.1, -0.05) is 37.1 Å². The predicted octanol–water partition coefficient (Wildman–Crippen LogP) is 3.28. The molecule has 100 valence electrons. The summed E-state index contributed by atoms with van der Waals surface area (Å²) in [6, 6.07) is 6.91. The van der Waals surface area contributed by atoms with Crippen LogP contribution in [-0.2, 0) is 4.74 Å². The fourth-order valence-corrected chi connectivity index (χ4v) is 1.73. The van der Waals surface area contributed by atoms with E-state index in [4.69, 9.17) is 16.3 Å². The van der Waals surface area contributed by atoms with E-state index in [0.29, 0.717) is 17.1 Å². The highest BCUT2D eigenvalue weighted by Crippen LogP contribution is 2.16. The zero-order valence-electron chi connectivity index (χ0n) is 10.9. The third kappa shape index (κ3) is 5.07. The van der Waals surface area contributed by atoms with Gasteiger partial charge in [0.25, 0.3) is 0 Å². The number of rotatable bonds is 7. The van der Waals surface area contributed by atoms with E-state index in [0.717, 1.165) is 19.4 Å². The van der Waals surface area contributed by atoms with Crippen LogP contribution in [0.5, 0.6) is 0 Å². The van der Waals surface area contributed by atoms with Crippen LogP contribution in [0.2, 0.25) is 5.02 Å². The van der Waals surface area contributed by atoms with Gasteiger partial charge in [-0.3, -0.25) is 0 Å². The summed E-state index contributed by atoms with van der Waals surface area (Å²) < 4.78 is 5.31. The molecule has 0 fully saturated rings. The number of carbonyl (C=O) groups excluding carboxylic acids is 1. The van der Waals surface area contributed by atoms with Crippen LogP contribution in [0.4, 0.5) is 0 Å². The number of esters is 1. The maximum atomic E-state index is 11.8. The second-order valence-corrected chi connectivity index (χ2v) is 4.66. The van der Waals surface area contributed by atoms with Crippen LogP contribution in [0.3, 0.4) is 0 Å². The average Bonchev–Trinajstić information content (AvgIpc) is 2.35. The second-order valence-electron chi connectivity index (χ2n) is 4.25. The van der Waals surface area contributed by atoms with Gasteiger partial charge in [-0.25, -0.2) is 4.79 Å². The highest BCUT2D eigenvalue weighted by molar-refractivity contribution is 6.33. The molecule has 0 bridgehead atoms. The lowest BCUT2D eigenvalue weighted by Gasteiger charge is -2.14. The Kier molecular flexibility index (Phi) is 6.76. The van der Waals surface area contributed by atoms with Gasteiger partial charge < -0.3 is 10.1 Å². The molecular weight excluding hydrogens is 250 g/mol. The molecule has 4 heteroatoms. The number of ether oxygens (including phenoxy) is 1. The average molecular weight is 270 g/mol. The number of unbranched alkanes of at least 4 members (excludes halogenated alkanes) is 1. The minimum Gasteiger partial charge on any atom is -0.458 e. The number of hydrogen-bond acceptors (Lipinski definition) is 3. The first kappa shape index (κ1) is 15.0. The summed E-state index contributed by atoms with van der Waals surface area (Å²) in [5.41, 5.74) is 0.416. The minimum absolute atomic E-state index is 0.161. The number of halogens is 1. The number of nitrogens with one attached hydrogen (secondary N) is 1. The third-order valence-electron chi connectivity index (χ3n) is 2.54. The molecular formula is C14H20ClNO2. The molecule has 0 aliphatic carbocycles. The van der Waals surface area contributed by atoms with E-state index >= 15 is 0 Å². The maximum Gasteiger partial charge on any atom is 0.339 e. The van der Waals surface area contributed by atoms with Gasteiger partial charge in [0, 0.05) is 6.54 Å². The monoisotopic (exact) mass is 269 g/mol. The van der Waals surface area contributed by atoms with Gasteiger partial charge in [0.1, 0.15) is 6.10 Å². The van der Waals surface area contributed by atoms with Gasteiger partial charge in [-0.15, -0.1) is 0 Å². The first-order valence-electron chi connectivity index (χ1n) is 6.31. The van der Waals surface area contributed by atoms with Gasteiger partial charge in [0.15, 0.2) is 0 Å². The Hall–Kier alpha value is -1.06. The Morgan fingerprint density at radius 1 is 1.44 bits per heavy atom. The Bertz CT molecular complexity index is 382. The molecule has 1 N–H and O–H groups in total. The zero-order valence-corrected chi connectivity index (χ0v) is 11.7. The summed E-state index contributed by atoms with van der Waals surface area (Å²) in [7, 11) is 0. The van der Waals surface area contributed by atoms with Crippen LogP contribution in [0.1, 0.15) is 37.0 Å². The summed E-state index contributed by atoms with van der Waals surface area (Å²) >= 11 is 5.93. The molecule has 0 aromatic heterocycles. The lowest BCUT2D eigenvalue weighted by Crippen LogP contribution is -2.29. The summed E-state index contributed by atoms with van der Waals surface area (Å²) in [4.78, 5) is 11.8. The summed E-state index contributed by atoms with van der Waals surface area (Å²) in [6.07, 6.45) is 2.12. The zero-order chi connectivity index (χ0) is 13.4. The van der Waals surface area contributed by atoms with Gasteiger partial charge in [-0.05, 0) is 32.0 Å². The van der Waals surface area contributed by atoms with Crippen molar-refractivity contribution < 1.29 is 9.53 Å². The van der Waals surface area contributed by atoms with Crippen molar-refractivity contribution in [3.8, 4) is 0 Å². The van der Waals surface area contributed by atoms with E-state index in [2.05, 4.69) is 12.2 Å². The van der Waals surface area contributed by atoms with E-state index in [1.54, 1.807) is 24.3 Å². The van der Waals surface area contributed by atoms with Crippen molar-refractivity contribution in [3.05, 3.63) is 34.9 Å². The molecule has 0 aliphatic rings. The lowest BCUT2D eigenvalue weighted by atomic mass is 10.2. The highest BCUT2D eigenvalue weighted by Gasteiger charge is 2.14. The first-order chi connectivity index (χ1) is 8.65. The van der Waals surface area contributed by atoms with Gasteiger partial charge in [0.2, 0.25) is 0 Å². The fourth-order valence-electron chi connectivity index (χ4n) is 1.52. The molecule has 1 aromatic rings. The van der Waals surface area contributed by atoms with Crippen molar-refractivity contribution >= 4 is 17.6 Å². The van der Waals surface area contributed by atoms with Crippen molar-refractivity contribution in [2.45, 2.75) is 32.8 Å². The molecule has 0 spiro atoms. The first-order valence-corrected chi connectivity index (χ1v) is 6.69. The third-order valence-corrected chi connectivity index (χ3v) is 2.87. The van der Waals surface area contributed by atoms with Crippen LogP contribution in [0, 0.1) is 0 Å². The van der Waals surface area contributed by atoms with Crippen molar-refractivity contribution in [1.29, 1.82) is 0 Å². The van der Waals surface area contributed by atoms with Crippen molar-refractivity contribution in [3.63, 3.8) is 0 Å². The van der Waals surface area contributed by atoms with Crippen LogP contribution in [0.15, 0.2) is 24.3 Å². The number of hydrogen-bond donors (Lipinski definition) is 1. The summed E-state index contributed by atoms with van der Waals surface area (Å²) in [5, 5.41) is 3.67. The Morgan fingerprint density at radius 2 is 2.17 bits per heavy atom. The molecule has 0 heterocycles. The largest absolute Gasteiger partial charge is 0.458 e. The Balaban J connectivity index is 2.38. The standard InChI is InChI=1S/C14H20ClNO2/c1-3-4-9-16-10-11(2)18-14(17)12-7-5-6-8-13(12)15/h5-8,11,16H,3-4,9-10H2,1-2H3. The molecule has 18 heavy (non-hydrogen) atoms. The van der Waals surface area contributed by atoms with E-state index in [1.807, 2.05) is 6.92 Å². The van der Waals surface area contributed by atoms with Crippen LogP contribution in [-0.4, -0.2) is 25.2 Å². The lowest BCUT2D eigenvalue weighted by molar-refractivity contribution is 0.0343. The summed E-state index contributed by atoms with van der Waals surface area (Å²) in [5.74, 6) is -0.370. The van der Waals surface area contributed by atoms with Gasteiger partial charge >= 0.3 is 5.97 Å². The molecule has 1 atom stereocenters.